The van der Waals surface area contributed by atoms with Gasteiger partial charge >= 0.3 is 0 Å². The molecular weight excluding hydrogens is 916 g/mol. The quantitative estimate of drug-likeness (QED) is 0.112. The van der Waals surface area contributed by atoms with E-state index < -0.39 is 71.7 Å². The summed E-state index contributed by atoms with van der Waals surface area (Å²) < 4.78 is 135. The zero-order valence-electron chi connectivity index (χ0n) is 46.8. The summed E-state index contributed by atoms with van der Waals surface area (Å²) >= 11 is 0. The second-order valence-corrected chi connectivity index (χ2v) is 14.9. The maximum absolute atomic E-state index is 9.46. The van der Waals surface area contributed by atoms with Gasteiger partial charge in [0.05, 0.1) is 34.5 Å². The van der Waals surface area contributed by atoms with E-state index in [0.29, 0.717) is 27.8 Å². The molecule has 3 aromatic heterocycles. The Hall–Kier alpha value is -6.55. The van der Waals surface area contributed by atoms with Crippen molar-refractivity contribution in [3.05, 3.63) is 200 Å². The predicted octanol–water partition coefficient (Wildman–Crippen LogP) is 13.1. The molecule has 0 aliphatic heterocycles. The van der Waals surface area contributed by atoms with Crippen LogP contribution in [-0.2, 0) is 21.1 Å². The van der Waals surface area contributed by atoms with Gasteiger partial charge in [-0.2, -0.15) is 18.2 Å². The number of aromatic nitrogens is 4. The van der Waals surface area contributed by atoms with Gasteiger partial charge in [0.1, 0.15) is 5.82 Å². The van der Waals surface area contributed by atoms with Gasteiger partial charge < -0.3 is 13.9 Å². The second-order valence-electron chi connectivity index (χ2n) is 14.9. The predicted molar refractivity (Wildman–Crippen MR) is 239 cm³/mol. The zero-order valence-corrected chi connectivity index (χ0v) is 35.0. The molecule has 0 bridgehead atoms. The van der Waals surface area contributed by atoms with Crippen molar-refractivity contribution in [3.8, 4) is 50.9 Å². The molecule has 6 heteroatoms. The van der Waals surface area contributed by atoms with Gasteiger partial charge in [0.25, 0.3) is 6.33 Å². The molecule has 296 valence electrons. The molecule has 0 saturated heterocycles. The molecule has 1 unspecified atom stereocenters. The minimum Gasteiger partial charge on any atom is -0.510 e. The molecule has 0 aliphatic rings. The molecule has 0 radical (unpaired) electrons. The van der Waals surface area contributed by atoms with Crippen molar-refractivity contribution in [2.75, 3.05) is 0 Å². The molecule has 0 fully saturated rings. The molecule has 0 saturated carbocycles. The standard InChI is InChI=1S/C54H42N4O.Pt/c1-37(54(2,3)4)40-31-32-55-52(33-40)58-48-26-12-11-23-46(48)47-30-29-43(35-51(47)58)59-42-22-15-21-41(34-42)56-36-57(50-28-14-13-27-49(50)56)53-44(38-17-7-5-8-18-38)24-16-25-45(53)39-19-9-6-10-20-39;/h5-33,37H,1-4H3;/q-2;/i5D,6D,7D,8D,9D,10D,17D,18D,19D,20D,31D,32D,33D,37D;. The Bertz CT molecular complexity index is 3830. The Balaban J connectivity index is 0.00000672. The molecule has 0 amide bonds. The molecule has 10 aromatic rings. The summed E-state index contributed by atoms with van der Waals surface area (Å²) in [5.41, 5.74) is 1.95. The third-order valence-electron chi connectivity index (χ3n) is 10.4. The number of fused-ring (bicyclic) bond motifs is 4. The Morgan fingerprint density at radius 1 is 0.700 bits per heavy atom. The van der Waals surface area contributed by atoms with Crippen molar-refractivity contribution in [1.82, 2.24) is 14.1 Å². The first-order valence-corrected chi connectivity index (χ1v) is 18.9. The van der Waals surface area contributed by atoms with Crippen molar-refractivity contribution in [2.45, 2.75) is 33.6 Å². The number of nitrogens with zero attached hydrogens (tertiary/aromatic N) is 4. The maximum atomic E-state index is 9.46. The van der Waals surface area contributed by atoms with Crippen LogP contribution in [0.4, 0.5) is 0 Å². The number of hydrogen-bond donors (Lipinski definition) is 0. The van der Waals surface area contributed by atoms with Gasteiger partial charge in [0, 0.05) is 45.6 Å². The van der Waals surface area contributed by atoms with Crippen molar-refractivity contribution in [1.29, 1.82) is 0 Å². The van der Waals surface area contributed by atoms with Crippen LogP contribution < -0.4 is 9.30 Å². The van der Waals surface area contributed by atoms with E-state index in [9.17, 15) is 2.74 Å². The van der Waals surface area contributed by atoms with Gasteiger partial charge in [-0.3, -0.25) is 4.57 Å². The number of benzene rings is 7. The van der Waals surface area contributed by atoms with Crippen LogP contribution >= 0.6 is 0 Å². The average Bonchev–Trinajstić information content (AvgIpc) is 3.91. The zero-order chi connectivity index (χ0) is 52.3. The molecule has 5 nitrogen and oxygen atoms in total. The van der Waals surface area contributed by atoms with Crippen LogP contribution in [0.15, 0.2) is 176 Å². The summed E-state index contributed by atoms with van der Waals surface area (Å²) in [6, 6.07) is 28.8. The van der Waals surface area contributed by atoms with Crippen LogP contribution in [0.25, 0.3) is 72.3 Å². The van der Waals surface area contributed by atoms with E-state index in [0.717, 1.165) is 10.8 Å². The summed E-state index contributed by atoms with van der Waals surface area (Å²) in [6.07, 6.45) is 2.99. The van der Waals surface area contributed by atoms with Crippen LogP contribution in [0, 0.1) is 23.9 Å². The Morgan fingerprint density at radius 2 is 1.35 bits per heavy atom. The third-order valence-corrected chi connectivity index (χ3v) is 10.4. The minimum absolute atomic E-state index is 0. The molecule has 0 spiro atoms. The van der Waals surface area contributed by atoms with E-state index in [-0.39, 0.29) is 90.1 Å². The summed E-state index contributed by atoms with van der Waals surface area (Å²) in [7, 11) is 0. The van der Waals surface area contributed by atoms with E-state index >= 15 is 0 Å². The maximum Gasteiger partial charge on any atom is 0.268 e. The van der Waals surface area contributed by atoms with Crippen molar-refractivity contribution in [3.63, 3.8) is 0 Å². The number of imidazole rings is 1. The molecule has 0 N–H and O–H groups in total. The minimum atomic E-state index is -1.44. The van der Waals surface area contributed by atoms with Gasteiger partial charge in [-0.25, -0.2) is 4.98 Å². The largest absolute Gasteiger partial charge is 0.510 e. The van der Waals surface area contributed by atoms with Gasteiger partial charge in [-0.15, -0.1) is 29.7 Å². The van der Waals surface area contributed by atoms with Crippen molar-refractivity contribution >= 4 is 32.8 Å². The first-order valence-electron chi connectivity index (χ1n) is 25.9. The molecule has 7 aromatic carbocycles. The second kappa shape index (κ2) is 15.9. The van der Waals surface area contributed by atoms with Crippen molar-refractivity contribution < 1.29 is 49.6 Å². The summed E-state index contributed by atoms with van der Waals surface area (Å²) in [5, 5.41) is 1.56. The molecule has 0 aliphatic carbocycles. The van der Waals surface area contributed by atoms with Crippen LogP contribution in [-0.4, -0.2) is 14.1 Å². The van der Waals surface area contributed by atoms with E-state index in [1.54, 1.807) is 75.2 Å². The number of ether oxygens (including phenoxy) is 1. The number of rotatable bonds is 8. The van der Waals surface area contributed by atoms with Gasteiger partial charge in [-0.05, 0) is 68.4 Å². The number of pyridine rings is 1. The first kappa shape index (κ1) is 25.8. The Kier molecular flexibility index (Phi) is 6.84. The fourth-order valence-electron chi connectivity index (χ4n) is 7.24. The normalized spacial score (nSPS) is 15.9. The Labute approximate surface area is 385 Å². The topological polar surface area (TPSA) is 35.9 Å². The monoisotopic (exact) mass is 971 g/mol. The van der Waals surface area contributed by atoms with Crippen molar-refractivity contribution in [2.24, 2.45) is 5.41 Å². The van der Waals surface area contributed by atoms with Gasteiger partial charge in [0.15, 0.2) is 0 Å². The summed E-state index contributed by atoms with van der Waals surface area (Å²) in [5.74, 6) is -0.865. The number of para-hydroxylation sites is 4. The van der Waals surface area contributed by atoms with E-state index in [1.165, 1.54) is 6.07 Å². The SMILES string of the molecule is [2H]c1nc(-n2c3[c-]c(Oc4[c-]c(-n5[c-][n+](-c6c(-c7c([2H])c([2H])c([2H])c([2H])c7[2H])cccc6-c6c([2H])c([2H])c([2H])c([2H])c6[2H])c6ccccc65)ccc4)ccc3c3ccccc32)c([2H])c(C([2H])(C)C(C)(C)C)c1[2H].[Pt]. The third kappa shape index (κ3) is 7.03. The Morgan fingerprint density at radius 3 is 2.07 bits per heavy atom. The van der Waals surface area contributed by atoms with Crippen LogP contribution in [0.1, 0.15) is 58.3 Å². The average molecular weight is 972 g/mol. The molecule has 60 heavy (non-hydrogen) atoms. The molecule has 1 atom stereocenters. The van der Waals surface area contributed by atoms with E-state index in [1.807, 2.05) is 57.2 Å². The van der Waals surface area contributed by atoms with E-state index in [4.69, 9.17) is 21.2 Å². The fraction of sp³-hybridized carbons (Fsp3) is 0.111. The van der Waals surface area contributed by atoms with Crippen LogP contribution in [0.2, 0.25) is 0 Å². The molecular formula is C54H42N4OPt-2. The van der Waals surface area contributed by atoms with Gasteiger partial charge in [-0.1, -0.05) is 154 Å². The fourth-order valence-corrected chi connectivity index (χ4v) is 7.24. The first-order chi connectivity index (χ1) is 34.5. The van der Waals surface area contributed by atoms with Crippen LogP contribution in [0.5, 0.6) is 11.5 Å². The number of hydrogen-bond acceptors (Lipinski definition) is 2. The summed E-state index contributed by atoms with van der Waals surface area (Å²) in [4.78, 5) is 4.47. The van der Waals surface area contributed by atoms with Crippen LogP contribution in [0.3, 0.4) is 0 Å². The smallest absolute Gasteiger partial charge is 0.268 e. The molecule has 3 heterocycles. The molecule has 10 rings (SSSR count). The van der Waals surface area contributed by atoms with E-state index in [2.05, 4.69) is 23.4 Å². The van der Waals surface area contributed by atoms with Gasteiger partial charge in [0.2, 0.25) is 0 Å². The summed E-state index contributed by atoms with van der Waals surface area (Å²) in [6.45, 7) is 7.23.